The SMILES string of the molecule is CCCC[C@@H](CC)C(=O)NCC(=O)Nc1ccc(OC)cc1. The summed E-state index contributed by atoms with van der Waals surface area (Å²) in [5, 5.41) is 5.45. The molecule has 1 aromatic rings. The van der Waals surface area contributed by atoms with Crippen LogP contribution in [0.15, 0.2) is 24.3 Å². The molecule has 122 valence electrons. The van der Waals surface area contributed by atoms with Crippen LogP contribution in [0.3, 0.4) is 0 Å². The second-order valence-corrected chi connectivity index (χ2v) is 5.24. The summed E-state index contributed by atoms with van der Waals surface area (Å²) in [7, 11) is 1.59. The second-order valence-electron chi connectivity index (χ2n) is 5.24. The molecule has 22 heavy (non-hydrogen) atoms. The average Bonchev–Trinajstić information content (AvgIpc) is 2.54. The van der Waals surface area contributed by atoms with E-state index in [1.807, 2.05) is 6.92 Å². The van der Waals surface area contributed by atoms with Gasteiger partial charge in [-0.05, 0) is 37.1 Å². The summed E-state index contributed by atoms with van der Waals surface area (Å²) in [6.07, 6.45) is 3.77. The predicted molar refractivity (Wildman–Crippen MR) is 87.9 cm³/mol. The van der Waals surface area contributed by atoms with E-state index in [0.717, 1.165) is 31.4 Å². The van der Waals surface area contributed by atoms with Crippen molar-refractivity contribution in [3.05, 3.63) is 24.3 Å². The molecule has 2 amide bonds. The Bertz CT molecular complexity index is 471. The van der Waals surface area contributed by atoms with E-state index >= 15 is 0 Å². The molecule has 1 aromatic carbocycles. The van der Waals surface area contributed by atoms with Crippen LogP contribution >= 0.6 is 0 Å². The second kappa shape index (κ2) is 9.82. The van der Waals surface area contributed by atoms with E-state index in [1.165, 1.54) is 0 Å². The molecule has 0 fully saturated rings. The van der Waals surface area contributed by atoms with Gasteiger partial charge in [-0.3, -0.25) is 9.59 Å². The number of rotatable bonds is 9. The molecule has 1 atom stereocenters. The van der Waals surface area contributed by atoms with Gasteiger partial charge in [0.25, 0.3) is 0 Å². The van der Waals surface area contributed by atoms with Crippen LogP contribution in [0.4, 0.5) is 5.69 Å². The number of methoxy groups -OCH3 is 1. The number of benzene rings is 1. The third kappa shape index (κ3) is 6.16. The van der Waals surface area contributed by atoms with Crippen LogP contribution < -0.4 is 15.4 Å². The van der Waals surface area contributed by atoms with E-state index in [9.17, 15) is 9.59 Å². The Labute approximate surface area is 132 Å². The maximum atomic E-state index is 12.0. The highest BCUT2D eigenvalue weighted by molar-refractivity contribution is 5.94. The van der Waals surface area contributed by atoms with Gasteiger partial charge < -0.3 is 15.4 Å². The molecule has 5 nitrogen and oxygen atoms in total. The average molecular weight is 306 g/mol. The summed E-state index contributed by atoms with van der Waals surface area (Å²) in [4.78, 5) is 23.9. The molecule has 0 unspecified atom stereocenters. The van der Waals surface area contributed by atoms with Crippen LogP contribution in [0.2, 0.25) is 0 Å². The number of anilines is 1. The van der Waals surface area contributed by atoms with Crippen LogP contribution in [0.1, 0.15) is 39.5 Å². The number of nitrogens with one attached hydrogen (secondary N) is 2. The minimum absolute atomic E-state index is 0.00580. The molecule has 0 aliphatic carbocycles. The highest BCUT2D eigenvalue weighted by Gasteiger charge is 2.16. The van der Waals surface area contributed by atoms with Gasteiger partial charge in [-0.1, -0.05) is 26.7 Å². The Kier molecular flexibility index (Phi) is 8.04. The number of ether oxygens (including phenoxy) is 1. The minimum Gasteiger partial charge on any atom is -0.497 e. The van der Waals surface area contributed by atoms with Gasteiger partial charge in [0.05, 0.1) is 13.7 Å². The first-order valence-corrected chi connectivity index (χ1v) is 7.82. The van der Waals surface area contributed by atoms with Crippen molar-refractivity contribution in [2.75, 3.05) is 19.0 Å². The van der Waals surface area contributed by atoms with Crippen LogP contribution in [-0.4, -0.2) is 25.5 Å². The summed E-state index contributed by atoms with van der Waals surface area (Å²) in [6, 6.07) is 7.06. The van der Waals surface area contributed by atoms with Gasteiger partial charge in [-0.25, -0.2) is 0 Å². The number of hydrogen-bond acceptors (Lipinski definition) is 3. The number of hydrogen-bond donors (Lipinski definition) is 2. The van der Waals surface area contributed by atoms with Crippen LogP contribution in [0.5, 0.6) is 5.75 Å². The largest absolute Gasteiger partial charge is 0.497 e. The van der Waals surface area contributed by atoms with Crippen LogP contribution in [-0.2, 0) is 9.59 Å². The highest BCUT2D eigenvalue weighted by Crippen LogP contribution is 2.15. The fourth-order valence-corrected chi connectivity index (χ4v) is 2.16. The maximum Gasteiger partial charge on any atom is 0.243 e. The molecule has 0 saturated carbocycles. The fourth-order valence-electron chi connectivity index (χ4n) is 2.16. The van der Waals surface area contributed by atoms with Gasteiger partial charge in [0.15, 0.2) is 0 Å². The van der Waals surface area contributed by atoms with E-state index in [4.69, 9.17) is 4.74 Å². The van der Waals surface area contributed by atoms with E-state index in [0.29, 0.717) is 5.69 Å². The Hall–Kier alpha value is -2.04. The molecule has 0 heterocycles. The molecule has 5 heteroatoms. The number of amides is 2. The van der Waals surface area contributed by atoms with E-state index < -0.39 is 0 Å². The molecule has 0 aliphatic heterocycles. The highest BCUT2D eigenvalue weighted by atomic mass is 16.5. The molecule has 0 spiro atoms. The van der Waals surface area contributed by atoms with Crippen LogP contribution in [0, 0.1) is 5.92 Å². The van der Waals surface area contributed by atoms with Crippen molar-refractivity contribution in [3.63, 3.8) is 0 Å². The lowest BCUT2D eigenvalue weighted by molar-refractivity contribution is -0.127. The zero-order chi connectivity index (χ0) is 16.4. The van der Waals surface area contributed by atoms with Crippen molar-refractivity contribution in [2.24, 2.45) is 5.92 Å². The van der Waals surface area contributed by atoms with Crippen molar-refractivity contribution in [1.29, 1.82) is 0 Å². The predicted octanol–water partition coefficient (Wildman–Crippen LogP) is 2.97. The molecule has 0 aromatic heterocycles. The lowest BCUT2D eigenvalue weighted by Crippen LogP contribution is -2.36. The van der Waals surface area contributed by atoms with Gasteiger partial charge in [0.2, 0.25) is 11.8 Å². The molecule has 0 radical (unpaired) electrons. The fraction of sp³-hybridized carbons (Fsp3) is 0.529. The standard InChI is InChI=1S/C17H26N2O3/c1-4-6-7-13(5-2)17(21)18-12-16(20)19-14-8-10-15(22-3)11-9-14/h8-11,13H,4-7,12H2,1-3H3,(H,18,21)(H,19,20)/t13-/m1/s1. The van der Waals surface area contributed by atoms with Crippen LogP contribution in [0.25, 0.3) is 0 Å². The summed E-state index contributed by atoms with van der Waals surface area (Å²) < 4.78 is 5.05. The zero-order valence-corrected chi connectivity index (χ0v) is 13.6. The molecule has 0 aliphatic rings. The van der Waals surface area contributed by atoms with Crippen molar-refractivity contribution in [2.45, 2.75) is 39.5 Å². The molecular weight excluding hydrogens is 280 g/mol. The number of carbonyl (C=O) groups is 2. The van der Waals surface area contributed by atoms with E-state index in [1.54, 1.807) is 31.4 Å². The molecule has 0 bridgehead atoms. The Balaban J connectivity index is 2.39. The van der Waals surface area contributed by atoms with Crippen molar-refractivity contribution in [3.8, 4) is 5.75 Å². The normalized spacial score (nSPS) is 11.6. The summed E-state index contributed by atoms with van der Waals surface area (Å²) in [5.41, 5.74) is 0.679. The topological polar surface area (TPSA) is 67.4 Å². The summed E-state index contributed by atoms with van der Waals surface area (Å²) >= 11 is 0. The lowest BCUT2D eigenvalue weighted by atomic mass is 9.98. The first kappa shape index (κ1) is 18.0. The van der Waals surface area contributed by atoms with Gasteiger partial charge >= 0.3 is 0 Å². The Morgan fingerprint density at radius 3 is 2.41 bits per heavy atom. The van der Waals surface area contributed by atoms with Crippen molar-refractivity contribution in [1.82, 2.24) is 5.32 Å². The van der Waals surface area contributed by atoms with E-state index in [2.05, 4.69) is 17.6 Å². The quantitative estimate of drug-likeness (QED) is 0.737. The number of carbonyl (C=O) groups excluding carboxylic acids is 2. The molecule has 1 rings (SSSR count). The maximum absolute atomic E-state index is 12.0. The van der Waals surface area contributed by atoms with Gasteiger partial charge in [0.1, 0.15) is 5.75 Å². The molecule has 2 N–H and O–H groups in total. The van der Waals surface area contributed by atoms with Gasteiger partial charge in [-0.15, -0.1) is 0 Å². The molecule has 0 saturated heterocycles. The number of unbranched alkanes of at least 4 members (excludes halogenated alkanes) is 1. The lowest BCUT2D eigenvalue weighted by Gasteiger charge is -2.14. The minimum atomic E-state index is -0.233. The van der Waals surface area contributed by atoms with Crippen molar-refractivity contribution < 1.29 is 14.3 Å². The smallest absolute Gasteiger partial charge is 0.243 e. The van der Waals surface area contributed by atoms with E-state index in [-0.39, 0.29) is 24.3 Å². The Morgan fingerprint density at radius 1 is 1.18 bits per heavy atom. The third-order valence-electron chi connectivity index (χ3n) is 3.57. The third-order valence-corrected chi connectivity index (χ3v) is 3.57. The van der Waals surface area contributed by atoms with Crippen molar-refractivity contribution >= 4 is 17.5 Å². The zero-order valence-electron chi connectivity index (χ0n) is 13.6. The molecular formula is C17H26N2O3. The summed E-state index contributed by atoms with van der Waals surface area (Å²) in [6.45, 7) is 4.09. The first-order chi connectivity index (χ1) is 10.6. The monoisotopic (exact) mass is 306 g/mol. The first-order valence-electron chi connectivity index (χ1n) is 7.82. The Morgan fingerprint density at radius 2 is 1.86 bits per heavy atom. The van der Waals surface area contributed by atoms with Gasteiger partial charge in [-0.2, -0.15) is 0 Å². The van der Waals surface area contributed by atoms with Gasteiger partial charge in [0, 0.05) is 11.6 Å². The summed E-state index contributed by atoms with van der Waals surface area (Å²) in [5.74, 6) is 0.450.